The number of carbonyl (C=O) groups excluding carboxylic acids is 1. The van der Waals surface area contributed by atoms with Gasteiger partial charge in [-0.1, -0.05) is 18.2 Å². The van der Waals surface area contributed by atoms with E-state index < -0.39 is 0 Å². The average molecular weight is 315 g/mol. The second-order valence-corrected chi connectivity index (χ2v) is 6.73. The van der Waals surface area contributed by atoms with Gasteiger partial charge in [0.1, 0.15) is 0 Å². The highest BCUT2D eigenvalue weighted by atomic mass is 32.1. The van der Waals surface area contributed by atoms with E-state index in [1.54, 1.807) is 0 Å². The molecular weight excluding hydrogens is 294 g/mol. The van der Waals surface area contributed by atoms with E-state index in [9.17, 15) is 4.79 Å². The van der Waals surface area contributed by atoms with E-state index in [0.29, 0.717) is 5.56 Å². The monoisotopic (exact) mass is 315 g/mol. The van der Waals surface area contributed by atoms with Gasteiger partial charge >= 0.3 is 0 Å². The normalized spacial score (nSPS) is 16.7. The highest BCUT2D eigenvalue weighted by Gasteiger charge is 2.17. The molecule has 1 fully saturated rings. The maximum atomic E-state index is 11.1. The van der Waals surface area contributed by atoms with Crippen molar-refractivity contribution >= 4 is 17.2 Å². The van der Waals surface area contributed by atoms with Crippen molar-refractivity contribution in [3.63, 3.8) is 0 Å². The van der Waals surface area contributed by atoms with Crippen LogP contribution >= 0.6 is 11.3 Å². The molecule has 0 radical (unpaired) electrons. The smallest absolute Gasteiger partial charge is 0.248 e. The SMILES string of the molecule is NC(=O)c1ccc(CN2CCN(Cc3cccs3)CC2)cc1. The minimum absolute atomic E-state index is 0.367. The van der Waals surface area contributed by atoms with Crippen molar-refractivity contribution in [2.75, 3.05) is 26.2 Å². The topological polar surface area (TPSA) is 49.6 Å². The van der Waals surface area contributed by atoms with E-state index in [0.717, 1.165) is 39.3 Å². The van der Waals surface area contributed by atoms with E-state index in [2.05, 4.69) is 27.3 Å². The third-order valence-electron chi connectivity index (χ3n) is 4.07. The van der Waals surface area contributed by atoms with Crippen LogP contribution in [0.3, 0.4) is 0 Å². The van der Waals surface area contributed by atoms with Crippen LogP contribution in [0.25, 0.3) is 0 Å². The number of primary amides is 1. The van der Waals surface area contributed by atoms with Crippen molar-refractivity contribution in [2.24, 2.45) is 5.73 Å². The van der Waals surface area contributed by atoms with Gasteiger partial charge in [-0.25, -0.2) is 0 Å². The van der Waals surface area contributed by atoms with Gasteiger partial charge in [0.15, 0.2) is 0 Å². The summed E-state index contributed by atoms with van der Waals surface area (Å²) >= 11 is 1.83. The molecule has 2 aromatic rings. The van der Waals surface area contributed by atoms with Crippen LogP contribution in [0.1, 0.15) is 20.8 Å². The second-order valence-electron chi connectivity index (χ2n) is 5.69. The fraction of sp³-hybridized carbons (Fsp3) is 0.353. The van der Waals surface area contributed by atoms with Gasteiger partial charge in [0.05, 0.1) is 0 Å². The fourth-order valence-electron chi connectivity index (χ4n) is 2.76. The number of rotatable bonds is 5. The van der Waals surface area contributed by atoms with Gasteiger partial charge < -0.3 is 5.73 Å². The number of thiophene rings is 1. The molecule has 0 aliphatic carbocycles. The van der Waals surface area contributed by atoms with Crippen LogP contribution in [0.4, 0.5) is 0 Å². The van der Waals surface area contributed by atoms with Crippen molar-refractivity contribution in [3.05, 3.63) is 57.8 Å². The molecule has 1 aromatic carbocycles. The molecule has 2 heterocycles. The van der Waals surface area contributed by atoms with E-state index in [1.165, 1.54) is 10.4 Å². The molecule has 2 N–H and O–H groups in total. The Labute approximate surface area is 135 Å². The molecule has 22 heavy (non-hydrogen) atoms. The quantitative estimate of drug-likeness (QED) is 0.920. The molecule has 1 amide bonds. The first-order valence-electron chi connectivity index (χ1n) is 7.56. The Kier molecular flexibility index (Phi) is 4.87. The van der Waals surface area contributed by atoms with E-state index >= 15 is 0 Å². The Bertz CT molecular complexity index is 601. The molecule has 1 aliphatic heterocycles. The van der Waals surface area contributed by atoms with Gasteiger partial charge in [-0.15, -0.1) is 11.3 Å². The van der Waals surface area contributed by atoms with Crippen LogP contribution in [0.5, 0.6) is 0 Å². The molecule has 1 saturated heterocycles. The van der Waals surface area contributed by atoms with E-state index in [-0.39, 0.29) is 5.91 Å². The lowest BCUT2D eigenvalue weighted by Crippen LogP contribution is -2.45. The van der Waals surface area contributed by atoms with E-state index in [4.69, 9.17) is 5.73 Å². The predicted octanol–water partition coefficient (Wildman–Crippen LogP) is 2.16. The number of carbonyl (C=O) groups is 1. The maximum Gasteiger partial charge on any atom is 0.248 e. The first kappa shape index (κ1) is 15.2. The third kappa shape index (κ3) is 3.94. The average Bonchev–Trinajstić information content (AvgIpc) is 3.03. The Morgan fingerprint density at radius 1 is 1.00 bits per heavy atom. The largest absolute Gasteiger partial charge is 0.366 e. The molecule has 0 atom stereocenters. The number of nitrogens with zero attached hydrogens (tertiary/aromatic N) is 2. The zero-order valence-corrected chi connectivity index (χ0v) is 13.4. The lowest BCUT2D eigenvalue weighted by molar-refractivity contribution is 0.1000. The molecular formula is C17H21N3OS. The molecule has 0 spiro atoms. The highest BCUT2D eigenvalue weighted by Crippen LogP contribution is 2.15. The summed E-state index contributed by atoms with van der Waals surface area (Å²) in [6.45, 7) is 6.39. The standard InChI is InChI=1S/C17H21N3OS/c18-17(21)15-5-3-14(4-6-15)12-19-7-9-20(10-8-19)13-16-2-1-11-22-16/h1-6,11H,7-10,12-13H2,(H2,18,21). The summed E-state index contributed by atoms with van der Waals surface area (Å²) in [5, 5.41) is 2.14. The predicted molar refractivity (Wildman–Crippen MR) is 89.8 cm³/mol. The Hall–Kier alpha value is -1.69. The second kappa shape index (κ2) is 7.05. The molecule has 4 nitrogen and oxygen atoms in total. The number of amides is 1. The number of piperazine rings is 1. The number of nitrogens with two attached hydrogens (primary N) is 1. The summed E-state index contributed by atoms with van der Waals surface area (Å²) < 4.78 is 0. The number of hydrogen-bond donors (Lipinski definition) is 1. The molecule has 5 heteroatoms. The van der Waals surface area contributed by atoms with E-state index in [1.807, 2.05) is 35.6 Å². The van der Waals surface area contributed by atoms with Gasteiger partial charge in [0, 0.05) is 49.7 Å². The fourth-order valence-corrected chi connectivity index (χ4v) is 3.51. The van der Waals surface area contributed by atoms with Gasteiger partial charge in [0.2, 0.25) is 5.91 Å². The van der Waals surface area contributed by atoms with Crippen molar-refractivity contribution in [1.29, 1.82) is 0 Å². The molecule has 0 saturated carbocycles. The molecule has 0 unspecified atom stereocenters. The summed E-state index contributed by atoms with van der Waals surface area (Å²) in [4.78, 5) is 17.5. The molecule has 1 aliphatic rings. The van der Waals surface area contributed by atoms with Crippen molar-refractivity contribution in [2.45, 2.75) is 13.1 Å². The van der Waals surface area contributed by atoms with Crippen molar-refractivity contribution in [3.8, 4) is 0 Å². The molecule has 0 bridgehead atoms. The first-order valence-corrected chi connectivity index (χ1v) is 8.44. The van der Waals surface area contributed by atoms with Crippen LogP contribution in [0.15, 0.2) is 41.8 Å². The van der Waals surface area contributed by atoms with Crippen LogP contribution in [-0.4, -0.2) is 41.9 Å². The lowest BCUT2D eigenvalue weighted by atomic mass is 10.1. The Morgan fingerprint density at radius 2 is 1.64 bits per heavy atom. The summed E-state index contributed by atoms with van der Waals surface area (Å²) in [5.41, 5.74) is 7.07. The highest BCUT2D eigenvalue weighted by molar-refractivity contribution is 7.09. The van der Waals surface area contributed by atoms with Gasteiger partial charge in [0.25, 0.3) is 0 Å². The summed E-state index contributed by atoms with van der Waals surface area (Å²) in [5.74, 6) is -0.367. The van der Waals surface area contributed by atoms with Gasteiger partial charge in [-0.2, -0.15) is 0 Å². The molecule has 116 valence electrons. The molecule has 3 rings (SSSR count). The number of hydrogen-bond acceptors (Lipinski definition) is 4. The zero-order chi connectivity index (χ0) is 15.4. The van der Waals surface area contributed by atoms with Gasteiger partial charge in [-0.3, -0.25) is 14.6 Å². The van der Waals surface area contributed by atoms with Crippen LogP contribution in [0.2, 0.25) is 0 Å². The van der Waals surface area contributed by atoms with Gasteiger partial charge in [-0.05, 0) is 29.1 Å². The first-order chi connectivity index (χ1) is 10.7. The summed E-state index contributed by atoms with van der Waals surface area (Å²) in [6.07, 6.45) is 0. The Morgan fingerprint density at radius 3 is 2.18 bits per heavy atom. The van der Waals surface area contributed by atoms with Crippen LogP contribution < -0.4 is 5.73 Å². The van der Waals surface area contributed by atoms with Crippen molar-refractivity contribution < 1.29 is 4.79 Å². The van der Waals surface area contributed by atoms with Crippen LogP contribution in [0, 0.1) is 0 Å². The van der Waals surface area contributed by atoms with Crippen molar-refractivity contribution in [1.82, 2.24) is 9.80 Å². The van der Waals surface area contributed by atoms with Crippen LogP contribution in [-0.2, 0) is 13.1 Å². The minimum atomic E-state index is -0.367. The third-order valence-corrected chi connectivity index (χ3v) is 4.93. The molecule has 1 aromatic heterocycles. The minimum Gasteiger partial charge on any atom is -0.366 e. The zero-order valence-electron chi connectivity index (χ0n) is 12.6. The lowest BCUT2D eigenvalue weighted by Gasteiger charge is -2.34. The summed E-state index contributed by atoms with van der Waals surface area (Å²) in [6, 6.07) is 11.9. The number of benzene rings is 1. The summed E-state index contributed by atoms with van der Waals surface area (Å²) in [7, 11) is 0. The Balaban J connectivity index is 1.48. The maximum absolute atomic E-state index is 11.1.